The lowest BCUT2D eigenvalue weighted by molar-refractivity contribution is -0.123. The molecule has 0 spiro atoms. The Kier molecular flexibility index (Phi) is 7.33. The van der Waals surface area contributed by atoms with Crippen molar-refractivity contribution in [2.24, 2.45) is 0 Å². The molecule has 0 aliphatic heterocycles. The lowest BCUT2D eigenvalue weighted by Crippen LogP contribution is -2.33. The van der Waals surface area contributed by atoms with Gasteiger partial charge in [-0.25, -0.2) is 9.18 Å². The van der Waals surface area contributed by atoms with Gasteiger partial charge in [0, 0.05) is 17.8 Å². The fourth-order valence-electron chi connectivity index (χ4n) is 2.85. The van der Waals surface area contributed by atoms with E-state index in [0.717, 1.165) is 4.68 Å². The molecule has 32 heavy (non-hydrogen) atoms. The number of anilines is 1. The number of nitrogens with zero attached hydrogens (tertiary/aromatic N) is 2. The highest BCUT2D eigenvalue weighted by molar-refractivity contribution is 5.96. The van der Waals surface area contributed by atoms with Gasteiger partial charge in [-0.2, -0.15) is 4.68 Å². The van der Waals surface area contributed by atoms with Crippen molar-refractivity contribution in [2.45, 2.75) is 26.4 Å². The second-order valence-corrected chi connectivity index (χ2v) is 6.70. The van der Waals surface area contributed by atoms with Crippen molar-refractivity contribution in [3.63, 3.8) is 0 Å². The zero-order valence-electron chi connectivity index (χ0n) is 17.6. The van der Waals surface area contributed by atoms with Gasteiger partial charge in [-0.05, 0) is 55.8 Å². The standard InChI is InChI=1S/C23H22FN3O5/c1-3-19(22(29)25-17-7-5-6-15(14-17)23(30)31-4-2)32-20-12-13-21(28)27(26-20)18-10-8-16(24)9-11-18/h5-14,19H,3-4H2,1-2H3,(H,25,29)/t19-/m1/s1. The second kappa shape index (κ2) is 10.3. The van der Waals surface area contributed by atoms with Crippen LogP contribution in [-0.2, 0) is 9.53 Å². The number of hydrogen-bond donors (Lipinski definition) is 1. The Hall–Kier alpha value is -4.01. The molecule has 3 aromatic rings. The van der Waals surface area contributed by atoms with Crippen molar-refractivity contribution in [1.29, 1.82) is 0 Å². The molecule has 1 N–H and O–H groups in total. The van der Waals surface area contributed by atoms with Gasteiger partial charge in [0.1, 0.15) is 5.82 Å². The predicted molar refractivity (Wildman–Crippen MR) is 116 cm³/mol. The number of rotatable bonds is 8. The van der Waals surface area contributed by atoms with E-state index in [1.54, 1.807) is 32.0 Å². The maximum absolute atomic E-state index is 13.2. The molecule has 0 radical (unpaired) electrons. The minimum atomic E-state index is -0.909. The highest BCUT2D eigenvalue weighted by Gasteiger charge is 2.20. The van der Waals surface area contributed by atoms with E-state index in [-0.39, 0.29) is 12.5 Å². The van der Waals surface area contributed by atoms with Crippen molar-refractivity contribution in [3.05, 3.63) is 82.4 Å². The van der Waals surface area contributed by atoms with E-state index in [2.05, 4.69) is 10.4 Å². The summed E-state index contributed by atoms with van der Waals surface area (Å²) in [5.41, 5.74) is 0.644. The second-order valence-electron chi connectivity index (χ2n) is 6.70. The number of benzene rings is 2. The largest absolute Gasteiger partial charge is 0.463 e. The molecular weight excluding hydrogens is 417 g/mol. The minimum absolute atomic E-state index is 0.0520. The van der Waals surface area contributed by atoms with Crippen LogP contribution < -0.4 is 15.6 Å². The van der Waals surface area contributed by atoms with E-state index in [1.807, 2.05) is 0 Å². The van der Waals surface area contributed by atoms with Crippen molar-refractivity contribution >= 4 is 17.6 Å². The van der Waals surface area contributed by atoms with Crippen molar-refractivity contribution in [2.75, 3.05) is 11.9 Å². The third-order valence-corrected chi connectivity index (χ3v) is 4.41. The van der Waals surface area contributed by atoms with Crippen LogP contribution in [0, 0.1) is 5.82 Å². The van der Waals surface area contributed by atoms with Gasteiger partial charge in [-0.3, -0.25) is 9.59 Å². The number of aromatic nitrogens is 2. The summed E-state index contributed by atoms with van der Waals surface area (Å²) in [6.07, 6.45) is -0.589. The summed E-state index contributed by atoms with van der Waals surface area (Å²) in [6.45, 7) is 3.71. The zero-order valence-corrected chi connectivity index (χ0v) is 17.6. The number of amides is 1. The number of hydrogen-bond acceptors (Lipinski definition) is 6. The topological polar surface area (TPSA) is 99.5 Å². The van der Waals surface area contributed by atoms with Crippen LogP contribution in [-0.4, -0.2) is 34.4 Å². The lowest BCUT2D eigenvalue weighted by atomic mass is 10.2. The summed E-state index contributed by atoms with van der Waals surface area (Å²) in [7, 11) is 0. The lowest BCUT2D eigenvalue weighted by Gasteiger charge is -2.17. The molecule has 0 bridgehead atoms. The number of ether oxygens (including phenoxy) is 2. The van der Waals surface area contributed by atoms with Gasteiger partial charge in [-0.1, -0.05) is 13.0 Å². The number of esters is 1. The molecule has 3 rings (SSSR count). The molecule has 0 saturated carbocycles. The Morgan fingerprint density at radius 3 is 2.53 bits per heavy atom. The van der Waals surface area contributed by atoms with Crippen LogP contribution in [0.15, 0.2) is 65.5 Å². The third-order valence-electron chi connectivity index (χ3n) is 4.41. The monoisotopic (exact) mass is 439 g/mol. The number of nitrogens with one attached hydrogen (secondary N) is 1. The number of carbonyl (C=O) groups is 2. The molecule has 0 fully saturated rings. The molecule has 0 unspecified atom stereocenters. The highest BCUT2D eigenvalue weighted by Crippen LogP contribution is 2.15. The third kappa shape index (κ3) is 5.57. The molecule has 0 aliphatic carbocycles. The van der Waals surface area contributed by atoms with Gasteiger partial charge in [0.05, 0.1) is 17.9 Å². The van der Waals surface area contributed by atoms with Gasteiger partial charge in [0.2, 0.25) is 5.88 Å². The normalized spacial score (nSPS) is 11.5. The van der Waals surface area contributed by atoms with E-state index in [0.29, 0.717) is 23.4 Å². The van der Waals surface area contributed by atoms with Crippen molar-refractivity contribution < 1.29 is 23.5 Å². The van der Waals surface area contributed by atoms with Gasteiger partial charge in [0.15, 0.2) is 6.10 Å². The van der Waals surface area contributed by atoms with Crippen LogP contribution >= 0.6 is 0 Å². The first-order valence-corrected chi connectivity index (χ1v) is 10.0. The first-order valence-electron chi connectivity index (χ1n) is 10.0. The predicted octanol–water partition coefficient (Wildman–Crippen LogP) is 3.34. The maximum atomic E-state index is 13.2. The van der Waals surface area contributed by atoms with Gasteiger partial charge in [-0.15, -0.1) is 5.10 Å². The zero-order chi connectivity index (χ0) is 23.1. The van der Waals surface area contributed by atoms with E-state index in [9.17, 15) is 18.8 Å². The summed E-state index contributed by atoms with van der Waals surface area (Å²) in [4.78, 5) is 36.8. The molecule has 2 aromatic carbocycles. The van der Waals surface area contributed by atoms with E-state index in [4.69, 9.17) is 9.47 Å². The van der Waals surface area contributed by atoms with E-state index < -0.39 is 29.4 Å². The van der Waals surface area contributed by atoms with Gasteiger partial charge < -0.3 is 14.8 Å². The molecule has 1 aromatic heterocycles. The Morgan fingerprint density at radius 1 is 1.09 bits per heavy atom. The Labute approximate surface area is 183 Å². The Morgan fingerprint density at radius 2 is 1.84 bits per heavy atom. The first kappa shape index (κ1) is 22.7. The maximum Gasteiger partial charge on any atom is 0.338 e. The Balaban J connectivity index is 1.75. The average Bonchev–Trinajstić information content (AvgIpc) is 2.79. The van der Waals surface area contributed by atoms with Crippen LogP contribution in [0.25, 0.3) is 5.69 Å². The SMILES string of the molecule is CCOC(=O)c1cccc(NC(=O)[C@@H](CC)Oc2ccc(=O)n(-c3ccc(F)cc3)n2)c1. The number of carbonyl (C=O) groups excluding carboxylic acids is 2. The number of halogens is 1. The van der Waals surface area contributed by atoms with Gasteiger partial charge >= 0.3 is 5.97 Å². The highest BCUT2D eigenvalue weighted by atomic mass is 19.1. The van der Waals surface area contributed by atoms with Crippen LogP contribution in [0.2, 0.25) is 0 Å². The molecule has 8 nitrogen and oxygen atoms in total. The molecule has 166 valence electrons. The summed E-state index contributed by atoms with van der Waals surface area (Å²) >= 11 is 0. The van der Waals surface area contributed by atoms with E-state index >= 15 is 0 Å². The Bertz CT molecular complexity index is 1160. The van der Waals surface area contributed by atoms with Crippen LogP contribution in [0.4, 0.5) is 10.1 Å². The molecule has 1 amide bonds. The summed E-state index contributed by atoms with van der Waals surface area (Å²) in [6, 6.07) is 14.2. The smallest absolute Gasteiger partial charge is 0.338 e. The molecule has 1 atom stereocenters. The van der Waals surface area contributed by atoms with Crippen molar-refractivity contribution in [3.8, 4) is 11.6 Å². The van der Waals surface area contributed by atoms with Crippen LogP contribution in [0.3, 0.4) is 0 Å². The minimum Gasteiger partial charge on any atom is -0.463 e. The van der Waals surface area contributed by atoms with Crippen LogP contribution in [0.1, 0.15) is 30.6 Å². The molecule has 1 heterocycles. The molecular formula is C23H22FN3O5. The summed E-state index contributed by atoms with van der Waals surface area (Å²) < 4.78 is 24.9. The summed E-state index contributed by atoms with van der Waals surface area (Å²) in [5, 5.41) is 6.83. The average molecular weight is 439 g/mol. The fraction of sp³-hybridized carbons (Fsp3) is 0.217. The van der Waals surface area contributed by atoms with Crippen molar-refractivity contribution in [1.82, 2.24) is 9.78 Å². The summed E-state index contributed by atoms with van der Waals surface area (Å²) in [5.74, 6) is -1.32. The molecule has 9 heteroatoms. The first-order chi connectivity index (χ1) is 15.4. The molecule has 0 aliphatic rings. The van der Waals surface area contributed by atoms with E-state index in [1.165, 1.54) is 42.5 Å². The van der Waals surface area contributed by atoms with Gasteiger partial charge in [0.25, 0.3) is 11.5 Å². The quantitative estimate of drug-likeness (QED) is 0.541. The van der Waals surface area contributed by atoms with Crippen LogP contribution in [0.5, 0.6) is 5.88 Å². The fourth-order valence-corrected chi connectivity index (χ4v) is 2.85. The molecule has 0 saturated heterocycles.